The van der Waals surface area contributed by atoms with Gasteiger partial charge in [0.1, 0.15) is 6.07 Å². The number of halogens is 4. The first-order valence-corrected chi connectivity index (χ1v) is 5.73. The van der Waals surface area contributed by atoms with E-state index in [1.807, 2.05) is 28.7 Å². The Hall–Kier alpha value is -0.290. The molecule has 0 aliphatic rings. The third-order valence-electron chi connectivity index (χ3n) is 1.56. The lowest BCUT2D eigenvalue weighted by Crippen LogP contribution is -2.00. The highest BCUT2D eigenvalue weighted by Gasteiger charge is 2.16. The molecule has 1 heterocycles. The van der Waals surface area contributed by atoms with Gasteiger partial charge in [-0.15, -0.1) is 0 Å². The van der Waals surface area contributed by atoms with Crippen LogP contribution in [0.1, 0.15) is 23.4 Å². The number of nitrogens with zero attached hydrogens (tertiary/aromatic N) is 2. The van der Waals surface area contributed by atoms with Crippen molar-refractivity contribution in [2.24, 2.45) is 0 Å². The van der Waals surface area contributed by atoms with Crippen LogP contribution in [0.2, 0.25) is 0 Å². The molecule has 0 atom stereocenters. The molecule has 0 aliphatic carbocycles. The predicted octanol–water partition coefficient (Wildman–Crippen LogP) is 3.39. The van der Waals surface area contributed by atoms with Crippen LogP contribution in [0.3, 0.4) is 0 Å². The standard InChI is InChI=1S/C8H4BrF2IN2/c9-2-6-4(8(10)11)1-5(12)7(3-13)14-6/h1,8H,2H2. The molecule has 0 bridgehead atoms. The number of rotatable bonds is 2. The Morgan fingerprint density at radius 3 is 2.71 bits per heavy atom. The Bertz CT molecular complexity index is 390. The lowest BCUT2D eigenvalue weighted by atomic mass is 10.2. The van der Waals surface area contributed by atoms with Crippen molar-refractivity contribution < 1.29 is 8.78 Å². The molecule has 0 spiro atoms. The van der Waals surface area contributed by atoms with E-state index in [0.717, 1.165) is 0 Å². The molecule has 0 saturated carbocycles. The molecular formula is C8H4BrF2IN2. The van der Waals surface area contributed by atoms with Crippen LogP contribution in [0.15, 0.2) is 6.07 Å². The number of aromatic nitrogens is 1. The minimum absolute atomic E-state index is 0.120. The quantitative estimate of drug-likeness (QED) is 0.589. The second-order valence-corrected chi connectivity index (χ2v) is 4.12. The molecule has 0 aromatic carbocycles. The summed E-state index contributed by atoms with van der Waals surface area (Å²) in [4.78, 5) is 3.83. The van der Waals surface area contributed by atoms with Crippen molar-refractivity contribution >= 4 is 38.5 Å². The molecule has 0 amide bonds. The van der Waals surface area contributed by atoms with Gasteiger partial charge in [0.15, 0.2) is 5.69 Å². The molecular weight excluding hydrogens is 369 g/mol. The molecule has 14 heavy (non-hydrogen) atoms. The lowest BCUT2D eigenvalue weighted by Gasteiger charge is -2.06. The first-order chi connectivity index (χ1) is 6.60. The van der Waals surface area contributed by atoms with Crippen molar-refractivity contribution in [3.8, 4) is 6.07 Å². The molecule has 0 radical (unpaired) electrons. The van der Waals surface area contributed by atoms with Gasteiger partial charge < -0.3 is 0 Å². The van der Waals surface area contributed by atoms with Gasteiger partial charge in [0, 0.05) is 10.9 Å². The third kappa shape index (κ3) is 2.39. The summed E-state index contributed by atoms with van der Waals surface area (Å²) >= 11 is 4.88. The Balaban J connectivity index is 3.33. The molecule has 74 valence electrons. The van der Waals surface area contributed by atoms with Crippen LogP contribution >= 0.6 is 38.5 Å². The summed E-state index contributed by atoms with van der Waals surface area (Å²) in [5.41, 5.74) is 0.284. The monoisotopic (exact) mass is 372 g/mol. The van der Waals surface area contributed by atoms with Gasteiger partial charge in [-0.3, -0.25) is 0 Å². The summed E-state index contributed by atoms with van der Waals surface area (Å²) in [7, 11) is 0. The first-order valence-electron chi connectivity index (χ1n) is 3.53. The fraction of sp³-hybridized carbons (Fsp3) is 0.250. The Morgan fingerprint density at radius 1 is 1.64 bits per heavy atom. The molecule has 1 aromatic heterocycles. The van der Waals surface area contributed by atoms with Gasteiger partial charge >= 0.3 is 0 Å². The maximum Gasteiger partial charge on any atom is 0.265 e. The second-order valence-electron chi connectivity index (χ2n) is 2.40. The SMILES string of the molecule is N#Cc1nc(CBr)c(C(F)F)cc1I. The Morgan fingerprint density at radius 2 is 2.29 bits per heavy atom. The molecule has 1 aromatic rings. The maximum absolute atomic E-state index is 12.5. The van der Waals surface area contributed by atoms with Crippen molar-refractivity contribution in [3.63, 3.8) is 0 Å². The van der Waals surface area contributed by atoms with Crippen molar-refractivity contribution in [3.05, 3.63) is 26.6 Å². The minimum atomic E-state index is -2.56. The first kappa shape index (κ1) is 11.8. The van der Waals surface area contributed by atoms with Crippen molar-refractivity contribution in [2.45, 2.75) is 11.8 Å². The minimum Gasteiger partial charge on any atom is -0.240 e. The number of alkyl halides is 3. The van der Waals surface area contributed by atoms with Gasteiger partial charge in [0.05, 0.1) is 9.26 Å². The summed E-state index contributed by atoms with van der Waals surface area (Å²) in [6.07, 6.45) is -2.56. The molecule has 0 fully saturated rings. The van der Waals surface area contributed by atoms with E-state index in [1.165, 1.54) is 6.07 Å². The third-order valence-corrected chi connectivity index (χ3v) is 2.91. The second kappa shape index (κ2) is 4.98. The maximum atomic E-state index is 12.5. The summed E-state index contributed by atoms with van der Waals surface area (Å²) in [5.74, 6) is 0. The average molecular weight is 373 g/mol. The van der Waals surface area contributed by atoms with Gasteiger partial charge in [0.2, 0.25) is 0 Å². The predicted molar refractivity (Wildman–Crippen MR) is 59.3 cm³/mol. The van der Waals surface area contributed by atoms with Crippen LogP contribution in [0, 0.1) is 14.9 Å². The molecule has 2 nitrogen and oxygen atoms in total. The highest BCUT2D eigenvalue weighted by molar-refractivity contribution is 14.1. The normalized spacial score (nSPS) is 10.3. The van der Waals surface area contributed by atoms with E-state index in [0.29, 0.717) is 3.57 Å². The summed E-state index contributed by atoms with van der Waals surface area (Å²) in [6, 6.07) is 3.15. The zero-order chi connectivity index (χ0) is 10.7. The lowest BCUT2D eigenvalue weighted by molar-refractivity contribution is 0.150. The van der Waals surface area contributed by atoms with E-state index >= 15 is 0 Å². The van der Waals surface area contributed by atoms with Crippen LogP contribution in [-0.4, -0.2) is 4.98 Å². The molecule has 0 unspecified atom stereocenters. The van der Waals surface area contributed by atoms with Crippen LogP contribution in [0.25, 0.3) is 0 Å². The number of hydrogen-bond acceptors (Lipinski definition) is 2. The molecule has 6 heteroatoms. The molecule has 0 aliphatic heterocycles. The van der Waals surface area contributed by atoms with Crippen molar-refractivity contribution in [2.75, 3.05) is 0 Å². The highest BCUT2D eigenvalue weighted by atomic mass is 127. The summed E-state index contributed by atoms with van der Waals surface area (Å²) < 4.78 is 25.4. The van der Waals surface area contributed by atoms with Gasteiger partial charge in [-0.25, -0.2) is 13.8 Å². The molecule has 0 N–H and O–H groups in total. The Labute approximate surface area is 102 Å². The van der Waals surface area contributed by atoms with E-state index in [4.69, 9.17) is 5.26 Å². The van der Waals surface area contributed by atoms with E-state index in [1.54, 1.807) is 0 Å². The van der Waals surface area contributed by atoms with Gasteiger partial charge in [-0.1, -0.05) is 15.9 Å². The average Bonchev–Trinajstić information content (AvgIpc) is 2.17. The fourth-order valence-corrected chi connectivity index (χ4v) is 1.94. The summed E-state index contributed by atoms with van der Waals surface area (Å²) in [6.45, 7) is 0. The number of nitriles is 1. The highest BCUT2D eigenvalue weighted by Crippen LogP contribution is 2.26. The number of hydrogen-bond donors (Lipinski definition) is 0. The molecule has 1 rings (SSSR count). The van der Waals surface area contributed by atoms with E-state index < -0.39 is 6.43 Å². The number of pyridine rings is 1. The van der Waals surface area contributed by atoms with Crippen LogP contribution in [-0.2, 0) is 5.33 Å². The van der Waals surface area contributed by atoms with E-state index in [9.17, 15) is 8.78 Å². The van der Waals surface area contributed by atoms with E-state index in [2.05, 4.69) is 20.9 Å². The van der Waals surface area contributed by atoms with Crippen LogP contribution in [0.4, 0.5) is 8.78 Å². The van der Waals surface area contributed by atoms with E-state index in [-0.39, 0.29) is 22.3 Å². The summed E-state index contributed by atoms with van der Waals surface area (Å²) in [5, 5.41) is 8.87. The zero-order valence-electron chi connectivity index (χ0n) is 6.77. The van der Waals surface area contributed by atoms with Crippen LogP contribution < -0.4 is 0 Å². The van der Waals surface area contributed by atoms with Gasteiger partial charge in [-0.2, -0.15) is 5.26 Å². The van der Waals surface area contributed by atoms with Crippen LogP contribution in [0.5, 0.6) is 0 Å². The smallest absolute Gasteiger partial charge is 0.240 e. The van der Waals surface area contributed by atoms with Crippen molar-refractivity contribution in [1.29, 1.82) is 5.26 Å². The topological polar surface area (TPSA) is 36.7 Å². The Kier molecular flexibility index (Phi) is 4.19. The largest absolute Gasteiger partial charge is 0.265 e. The molecule has 0 saturated heterocycles. The van der Waals surface area contributed by atoms with Crippen molar-refractivity contribution in [1.82, 2.24) is 4.98 Å². The zero-order valence-corrected chi connectivity index (χ0v) is 10.5. The van der Waals surface area contributed by atoms with Gasteiger partial charge in [0.25, 0.3) is 6.43 Å². The fourth-order valence-electron chi connectivity index (χ4n) is 0.915. The van der Waals surface area contributed by atoms with Gasteiger partial charge in [-0.05, 0) is 28.7 Å².